The molecule has 1 saturated heterocycles. The van der Waals surface area contributed by atoms with E-state index < -0.39 is 11.6 Å². The van der Waals surface area contributed by atoms with Crippen LogP contribution in [0.4, 0.5) is 0 Å². The second-order valence-corrected chi connectivity index (χ2v) is 6.48. The fourth-order valence-electron chi connectivity index (χ4n) is 2.88. The lowest BCUT2D eigenvalue weighted by Gasteiger charge is -2.58. The molecule has 1 aliphatic rings. The third-order valence-corrected chi connectivity index (χ3v) is 4.53. The standard InChI is InChI=1S/C16H22ClNO2/c1-11(2)18-15(19)14(16(18,4)12(3)17)20-10-13-8-6-5-7-9-13/h5-9,11-12,14H,10H2,1-4H3/t12-,14+,16+/m0/s1. The van der Waals surface area contributed by atoms with Gasteiger partial charge in [0.15, 0.2) is 6.10 Å². The molecule has 0 saturated carbocycles. The minimum absolute atomic E-state index is 0.0333. The van der Waals surface area contributed by atoms with Crippen molar-refractivity contribution < 1.29 is 9.53 Å². The number of carbonyl (C=O) groups is 1. The number of hydrogen-bond donors (Lipinski definition) is 0. The second kappa shape index (κ2) is 5.74. The highest BCUT2D eigenvalue weighted by atomic mass is 35.5. The lowest BCUT2D eigenvalue weighted by atomic mass is 9.78. The minimum Gasteiger partial charge on any atom is -0.361 e. The molecule has 0 bridgehead atoms. The van der Waals surface area contributed by atoms with Gasteiger partial charge < -0.3 is 9.64 Å². The van der Waals surface area contributed by atoms with E-state index in [1.165, 1.54) is 0 Å². The van der Waals surface area contributed by atoms with E-state index in [0.717, 1.165) is 5.56 Å². The zero-order valence-corrected chi connectivity index (χ0v) is 13.2. The van der Waals surface area contributed by atoms with E-state index in [-0.39, 0.29) is 17.3 Å². The van der Waals surface area contributed by atoms with Gasteiger partial charge >= 0.3 is 0 Å². The van der Waals surface area contributed by atoms with E-state index in [2.05, 4.69) is 0 Å². The van der Waals surface area contributed by atoms with Crippen LogP contribution < -0.4 is 0 Å². The average molecular weight is 296 g/mol. The molecule has 1 fully saturated rings. The fraction of sp³-hybridized carbons (Fsp3) is 0.562. The Kier molecular flexibility index (Phi) is 4.40. The van der Waals surface area contributed by atoms with Gasteiger partial charge in [0.2, 0.25) is 0 Å². The Bertz CT molecular complexity index is 475. The number of carbonyl (C=O) groups excluding carboxylic acids is 1. The Morgan fingerprint density at radius 3 is 2.40 bits per heavy atom. The molecule has 3 nitrogen and oxygen atoms in total. The zero-order chi connectivity index (χ0) is 14.9. The maximum absolute atomic E-state index is 12.3. The number of likely N-dealkylation sites (tertiary alicyclic amines) is 1. The normalized spacial score (nSPS) is 27.6. The Labute approximate surface area is 125 Å². The Hall–Kier alpha value is -1.06. The number of halogens is 1. The van der Waals surface area contributed by atoms with E-state index in [4.69, 9.17) is 16.3 Å². The number of nitrogens with zero attached hydrogens (tertiary/aromatic N) is 1. The quantitative estimate of drug-likeness (QED) is 0.617. The molecular formula is C16H22ClNO2. The summed E-state index contributed by atoms with van der Waals surface area (Å²) in [5.74, 6) is 0.0333. The number of rotatable bonds is 5. The zero-order valence-electron chi connectivity index (χ0n) is 12.5. The largest absolute Gasteiger partial charge is 0.361 e. The number of benzene rings is 1. The third kappa shape index (κ3) is 2.45. The molecule has 110 valence electrons. The number of amides is 1. The Morgan fingerprint density at radius 1 is 1.30 bits per heavy atom. The highest BCUT2D eigenvalue weighted by Crippen LogP contribution is 2.41. The summed E-state index contributed by atoms with van der Waals surface area (Å²) < 4.78 is 5.86. The van der Waals surface area contributed by atoms with Gasteiger partial charge in [0.25, 0.3) is 5.91 Å². The van der Waals surface area contributed by atoms with Crippen LogP contribution in [0.25, 0.3) is 0 Å². The Morgan fingerprint density at radius 2 is 1.90 bits per heavy atom. The Balaban J connectivity index is 2.09. The van der Waals surface area contributed by atoms with Gasteiger partial charge in [-0.3, -0.25) is 4.79 Å². The first kappa shape index (κ1) is 15.3. The molecular weight excluding hydrogens is 274 g/mol. The van der Waals surface area contributed by atoms with E-state index in [9.17, 15) is 4.79 Å². The van der Waals surface area contributed by atoms with Crippen LogP contribution in [0.15, 0.2) is 30.3 Å². The molecule has 3 atom stereocenters. The van der Waals surface area contributed by atoms with Crippen molar-refractivity contribution in [3.63, 3.8) is 0 Å². The van der Waals surface area contributed by atoms with Crippen LogP contribution in [-0.2, 0) is 16.1 Å². The summed E-state index contributed by atoms with van der Waals surface area (Å²) in [6.45, 7) is 8.36. The highest BCUT2D eigenvalue weighted by molar-refractivity contribution is 6.22. The van der Waals surface area contributed by atoms with Crippen LogP contribution in [0.5, 0.6) is 0 Å². The number of alkyl halides is 1. The van der Waals surface area contributed by atoms with Crippen molar-refractivity contribution in [1.82, 2.24) is 4.90 Å². The van der Waals surface area contributed by atoms with E-state index in [1.807, 2.05) is 62.9 Å². The predicted octanol–water partition coefficient (Wildman–Crippen LogP) is 3.21. The van der Waals surface area contributed by atoms with Crippen LogP contribution in [0.3, 0.4) is 0 Å². The van der Waals surface area contributed by atoms with Gasteiger partial charge in [-0.25, -0.2) is 0 Å². The highest BCUT2D eigenvalue weighted by Gasteiger charge is 2.61. The molecule has 1 aromatic rings. The van der Waals surface area contributed by atoms with Crippen LogP contribution >= 0.6 is 11.6 Å². The van der Waals surface area contributed by atoms with Gasteiger partial charge in [-0.15, -0.1) is 11.6 Å². The molecule has 1 aromatic carbocycles. The van der Waals surface area contributed by atoms with Crippen LogP contribution in [0, 0.1) is 0 Å². The maximum atomic E-state index is 12.3. The lowest BCUT2D eigenvalue weighted by Crippen LogP contribution is -2.78. The SMILES string of the molecule is CC(C)N1C(=O)[C@@H](OCc2ccccc2)[C@@]1(C)[C@H](C)Cl. The molecule has 0 N–H and O–H groups in total. The van der Waals surface area contributed by atoms with Crippen molar-refractivity contribution in [3.8, 4) is 0 Å². The smallest absolute Gasteiger partial charge is 0.255 e. The number of β-lactam (4-membered cyclic amide) rings is 1. The third-order valence-electron chi connectivity index (χ3n) is 4.09. The van der Waals surface area contributed by atoms with Crippen molar-refractivity contribution >= 4 is 17.5 Å². The number of hydrogen-bond acceptors (Lipinski definition) is 2. The predicted molar refractivity (Wildman–Crippen MR) is 80.7 cm³/mol. The molecule has 0 aliphatic carbocycles. The first-order chi connectivity index (χ1) is 9.39. The summed E-state index contributed by atoms with van der Waals surface area (Å²) in [6.07, 6.45) is -0.461. The van der Waals surface area contributed by atoms with Crippen molar-refractivity contribution in [3.05, 3.63) is 35.9 Å². The molecule has 1 aliphatic heterocycles. The monoisotopic (exact) mass is 295 g/mol. The first-order valence-electron chi connectivity index (χ1n) is 7.01. The molecule has 0 spiro atoms. The first-order valence-corrected chi connectivity index (χ1v) is 7.45. The van der Waals surface area contributed by atoms with Gasteiger partial charge in [-0.2, -0.15) is 0 Å². The molecule has 0 aromatic heterocycles. The summed E-state index contributed by atoms with van der Waals surface area (Å²) in [7, 11) is 0. The van der Waals surface area contributed by atoms with Crippen molar-refractivity contribution in [2.45, 2.75) is 57.4 Å². The summed E-state index contributed by atoms with van der Waals surface area (Å²) in [6, 6.07) is 10.0. The van der Waals surface area contributed by atoms with Crippen LogP contribution in [0.2, 0.25) is 0 Å². The van der Waals surface area contributed by atoms with Gasteiger partial charge in [-0.05, 0) is 33.3 Å². The summed E-state index contributed by atoms with van der Waals surface area (Å²) in [5.41, 5.74) is 0.620. The van der Waals surface area contributed by atoms with Crippen molar-refractivity contribution in [1.29, 1.82) is 0 Å². The molecule has 0 unspecified atom stereocenters. The van der Waals surface area contributed by atoms with Crippen LogP contribution in [-0.4, -0.2) is 33.9 Å². The van der Waals surface area contributed by atoms with Gasteiger partial charge in [0.1, 0.15) is 0 Å². The fourth-order valence-corrected chi connectivity index (χ4v) is 3.10. The van der Waals surface area contributed by atoms with E-state index >= 15 is 0 Å². The maximum Gasteiger partial charge on any atom is 0.255 e. The lowest BCUT2D eigenvalue weighted by molar-refractivity contribution is -0.199. The van der Waals surface area contributed by atoms with Gasteiger partial charge in [-0.1, -0.05) is 30.3 Å². The second-order valence-electron chi connectivity index (χ2n) is 5.82. The van der Waals surface area contributed by atoms with Crippen molar-refractivity contribution in [2.24, 2.45) is 0 Å². The molecule has 20 heavy (non-hydrogen) atoms. The molecule has 4 heteroatoms. The molecule has 1 amide bonds. The molecule has 2 rings (SSSR count). The summed E-state index contributed by atoms with van der Waals surface area (Å²) in [5, 5.41) is -0.164. The summed E-state index contributed by atoms with van der Waals surface area (Å²) >= 11 is 6.33. The molecule has 0 radical (unpaired) electrons. The average Bonchev–Trinajstić information content (AvgIpc) is 2.39. The summed E-state index contributed by atoms with van der Waals surface area (Å²) in [4.78, 5) is 14.1. The number of ether oxygens (including phenoxy) is 1. The topological polar surface area (TPSA) is 29.5 Å². The van der Waals surface area contributed by atoms with Gasteiger partial charge in [0, 0.05) is 6.04 Å². The van der Waals surface area contributed by atoms with Gasteiger partial charge in [0.05, 0.1) is 17.5 Å². The van der Waals surface area contributed by atoms with E-state index in [0.29, 0.717) is 6.61 Å². The van der Waals surface area contributed by atoms with Crippen molar-refractivity contribution in [2.75, 3.05) is 0 Å². The van der Waals surface area contributed by atoms with E-state index in [1.54, 1.807) is 0 Å². The minimum atomic E-state index is -0.461. The van der Waals surface area contributed by atoms with Crippen LogP contribution in [0.1, 0.15) is 33.3 Å². The molecule has 1 heterocycles.